The van der Waals surface area contributed by atoms with Gasteiger partial charge in [0.15, 0.2) is 0 Å². The van der Waals surface area contributed by atoms with Gasteiger partial charge in [-0.05, 0) is 71.9 Å². The van der Waals surface area contributed by atoms with Crippen molar-refractivity contribution in [2.75, 3.05) is 13.1 Å². The molecule has 0 bridgehead atoms. The van der Waals surface area contributed by atoms with E-state index in [1.807, 2.05) is 36.4 Å². The second-order valence-electron chi connectivity index (χ2n) is 10.0. The molecule has 1 aliphatic rings. The molecule has 1 fully saturated rings. The zero-order chi connectivity index (χ0) is 26.3. The molecule has 0 radical (unpaired) electrons. The standard InChI is InChI=1S/C33H32F2N2O/c34-28-15-11-23(12-16-28)30(24-13-17-29(35)18-14-24)21-31(38)37-33(27-19-20-36-22-27)32(25-7-3-1-4-8-25)26-9-5-2-6-10-26/h1-18,27,30,32-33,36H,19-22H2,(H,37,38). The molecule has 2 unspecified atom stereocenters. The maximum atomic E-state index is 13.8. The highest BCUT2D eigenvalue weighted by atomic mass is 19.1. The van der Waals surface area contributed by atoms with Crippen LogP contribution in [0.3, 0.4) is 0 Å². The number of carbonyl (C=O) groups excluding carboxylic acids is 1. The highest BCUT2D eigenvalue weighted by molar-refractivity contribution is 5.78. The highest BCUT2D eigenvalue weighted by Gasteiger charge is 2.35. The van der Waals surface area contributed by atoms with Crippen LogP contribution in [-0.4, -0.2) is 25.0 Å². The third-order valence-corrected chi connectivity index (χ3v) is 7.54. The first-order valence-electron chi connectivity index (χ1n) is 13.2. The molecular formula is C33H32F2N2O. The molecule has 2 atom stereocenters. The lowest BCUT2D eigenvalue weighted by molar-refractivity contribution is -0.122. The van der Waals surface area contributed by atoms with Crippen LogP contribution in [0, 0.1) is 17.6 Å². The second kappa shape index (κ2) is 12.1. The van der Waals surface area contributed by atoms with Crippen molar-refractivity contribution in [2.24, 2.45) is 5.92 Å². The summed E-state index contributed by atoms with van der Waals surface area (Å²) in [6.45, 7) is 1.75. The van der Waals surface area contributed by atoms with Crippen molar-refractivity contribution in [3.05, 3.63) is 143 Å². The minimum absolute atomic E-state index is 0.0126. The molecule has 3 nitrogen and oxygen atoms in total. The van der Waals surface area contributed by atoms with Crippen LogP contribution in [0.2, 0.25) is 0 Å². The second-order valence-corrected chi connectivity index (χ2v) is 10.0. The van der Waals surface area contributed by atoms with E-state index in [4.69, 9.17) is 0 Å². The van der Waals surface area contributed by atoms with Gasteiger partial charge < -0.3 is 10.6 Å². The molecule has 1 aliphatic heterocycles. The largest absolute Gasteiger partial charge is 0.352 e. The summed E-state index contributed by atoms with van der Waals surface area (Å²) in [4.78, 5) is 13.8. The number of carbonyl (C=O) groups is 1. The number of nitrogens with one attached hydrogen (secondary N) is 2. The highest BCUT2D eigenvalue weighted by Crippen LogP contribution is 2.35. The lowest BCUT2D eigenvalue weighted by Crippen LogP contribution is -2.46. The molecule has 4 aromatic rings. The fourth-order valence-electron chi connectivity index (χ4n) is 5.63. The van der Waals surface area contributed by atoms with Crippen LogP contribution >= 0.6 is 0 Å². The van der Waals surface area contributed by atoms with Crippen LogP contribution in [0.15, 0.2) is 109 Å². The first-order chi connectivity index (χ1) is 18.6. The molecule has 0 aromatic heterocycles. The first kappa shape index (κ1) is 25.8. The summed E-state index contributed by atoms with van der Waals surface area (Å²) in [5.41, 5.74) is 3.94. The Hall–Kier alpha value is -3.83. The molecule has 4 aromatic carbocycles. The molecule has 0 spiro atoms. The van der Waals surface area contributed by atoms with Gasteiger partial charge in [-0.2, -0.15) is 0 Å². The van der Waals surface area contributed by atoms with E-state index in [0.29, 0.717) is 0 Å². The molecule has 38 heavy (non-hydrogen) atoms. The van der Waals surface area contributed by atoms with E-state index >= 15 is 0 Å². The Morgan fingerprint density at radius 3 is 1.68 bits per heavy atom. The Bertz CT molecular complexity index is 1220. The van der Waals surface area contributed by atoms with Gasteiger partial charge in [0.25, 0.3) is 0 Å². The van der Waals surface area contributed by atoms with Crippen molar-refractivity contribution in [3.63, 3.8) is 0 Å². The van der Waals surface area contributed by atoms with Crippen LogP contribution in [0.4, 0.5) is 8.78 Å². The Kier molecular flexibility index (Phi) is 8.25. The summed E-state index contributed by atoms with van der Waals surface area (Å²) in [7, 11) is 0. The van der Waals surface area contributed by atoms with E-state index in [1.54, 1.807) is 24.3 Å². The fraction of sp³-hybridized carbons (Fsp3) is 0.242. The summed E-state index contributed by atoms with van der Waals surface area (Å²) in [6.07, 6.45) is 1.14. The predicted molar refractivity (Wildman–Crippen MR) is 147 cm³/mol. The predicted octanol–water partition coefficient (Wildman–Crippen LogP) is 6.41. The summed E-state index contributed by atoms with van der Waals surface area (Å²) >= 11 is 0. The molecule has 5 rings (SSSR count). The average molecular weight is 511 g/mol. The maximum absolute atomic E-state index is 13.8. The number of benzene rings is 4. The van der Waals surface area contributed by atoms with Crippen molar-refractivity contribution < 1.29 is 13.6 Å². The number of rotatable bonds is 9. The quantitative estimate of drug-likeness (QED) is 0.273. The molecule has 1 saturated heterocycles. The van der Waals surface area contributed by atoms with Crippen molar-refractivity contribution in [2.45, 2.75) is 30.7 Å². The van der Waals surface area contributed by atoms with E-state index in [-0.39, 0.29) is 47.8 Å². The average Bonchev–Trinajstić information content (AvgIpc) is 3.49. The maximum Gasteiger partial charge on any atom is 0.221 e. The Labute approximate surface area is 222 Å². The number of hydrogen-bond acceptors (Lipinski definition) is 2. The van der Waals surface area contributed by atoms with Crippen LogP contribution in [0.25, 0.3) is 0 Å². The van der Waals surface area contributed by atoms with E-state index in [0.717, 1.165) is 41.8 Å². The number of hydrogen-bond donors (Lipinski definition) is 2. The summed E-state index contributed by atoms with van der Waals surface area (Å²) in [6, 6.07) is 32.9. The van der Waals surface area contributed by atoms with Gasteiger partial charge >= 0.3 is 0 Å². The van der Waals surface area contributed by atoms with E-state index < -0.39 is 0 Å². The lowest BCUT2D eigenvalue weighted by Gasteiger charge is -2.34. The first-order valence-corrected chi connectivity index (χ1v) is 13.2. The molecule has 2 N–H and O–H groups in total. The van der Waals surface area contributed by atoms with Crippen LogP contribution < -0.4 is 10.6 Å². The molecule has 5 heteroatoms. The SMILES string of the molecule is O=C(CC(c1ccc(F)cc1)c1ccc(F)cc1)NC(C1CCNC1)C(c1ccccc1)c1ccccc1. The zero-order valence-corrected chi connectivity index (χ0v) is 21.2. The molecule has 1 heterocycles. The zero-order valence-electron chi connectivity index (χ0n) is 21.2. The van der Waals surface area contributed by atoms with Gasteiger partial charge in [0, 0.05) is 24.3 Å². The van der Waals surface area contributed by atoms with Crippen LogP contribution in [-0.2, 0) is 4.79 Å². The third-order valence-electron chi connectivity index (χ3n) is 7.54. The number of halogens is 2. The minimum atomic E-state index is -0.335. The van der Waals surface area contributed by atoms with Crippen molar-refractivity contribution in [3.8, 4) is 0 Å². The Balaban J connectivity index is 1.47. The van der Waals surface area contributed by atoms with Crippen molar-refractivity contribution in [1.29, 1.82) is 0 Å². The summed E-state index contributed by atoms with van der Waals surface area (Å²) < 4.78 is 27.4. The fourth-order valence-corrected chi connectivity index (χ4v) is 5.63. The normalized spacial score (nSPS) is 16.1. The van der Waals surface area contributed by atoms with Gasteiger partial charge in [-0.15, -0.1) is 0 Å². The van der Waals surface area contributed by atoms with E-state index in [2.05, 4.69) is 34.9 Å². The smallest absolute Gasteiger partial charge is 0.221 e. The van der Waals surface area contributed by atoms with Gasteiger partial charge in [0.1, 0.15) is 11.6 Å². The lowest BCUT2D eigenvalue weighted by atomic mass is 9.78. The summed E-state index contributed by atoms with van der Waals surface area (Å²) in [5, 5.41) is 6.89. The monoisotopic (exact) mass is 510 g/mol. The molecular weight excluding hydrogens is 478 g/mol. The number of amides is 1. The Morgan fingerprint density at radius 2 is 1.24 bits per heavy atom. The van der Waals surface area contributed by atoms with Gasteiger partial charge in [-0.25, -0.2) is 8.78 Å². The van der Waals surface area contributed by atoms with E-state index in [9.17, 15) is 13.6 Å². The van der Waals surface area contributed by atoms with Crippen LogP contribution in [0.5, 0.6) is 0 Å². The van der Waals surface area contributed by atoms with Gasteiger partial charge in [-0.1, -0.05) is 84.9 Å². The minimum Gasteiger partial charge on any atom is -0.352 e. The van der Waals surface area contributed by atoms with E-state index in [1.165, 1.54) is 24.3 Å². The molecule has 1 amide bonds. The third kappa shape index (κ3) is 6.17. The molecule has 0 saturated carbocycles. The topological polar surface area (TPSA) is 41.1 Å². The van der Waals surface area contributed by atoms with Crippen molar-refractivity contribution >= 4 is 5.91 Å². The van der Waals surface area contributed by atoms with Gasteiger partial charge in [0.2, 0.25) is 5.91 Å². The Morgan fingerprint density at radius 1 is 0.737 bits per heavy atom. The van der Waals surface area contributed by atoms with Crippen LogP contribution in [0.1, 0.15) is 46.9 Å². The van der Waals surface area contributed by atoms with Crippen molar-refractivity contribution in [1.82, 2.24) is 10.6 Å². The molecule has 0 aliphatic carbocycles. The molecule has 194 valence electrons. The van der Waals surface area contributed by atoms with Gasteiger partial charge in [-0.3, -0.25) is 4.79 Å². The summed E-state index contributed by atoms with van der Waals surface area (Å²) in [5.74, 6) is -0.833. The van der Waals surface area contributed by atoms with Gasteiger partial charge in [0.05, 0.1) is 0 Å².